The monoisotopic (exact) mass is 572 g/mol. The molecule has 2 aromatic carbocycles. The van der Waals surface area contributed by atoms with Crippen molar-refractivity contribution in [3.05, 3.63) is 101 Å². The zero-order valence-corrected chi connectivity index (χ0v) is 25.0. The van der Waals surface area contributed by atoms with E-state index in [0.29, 0.717) is 24.1 Å². The number of H-pyrrole nitrogens is 1. The van der Waals surface area contributed by atoms with Crippen LogP contribution in [0.2, 0.25) is 5.02 Å². The minimum atomic E-state index is -0.0426. The van der Waals surface area contributed by atoms with E-state index in [-0.39, 0.29) is 11.9 Å². The first-order chi connectivity index (χ1) is 19.8. The summed E-state index contributed by atoms with van der Waals surface area (Å²) in [5.74, 6) is 1.28. The van der Waals surface area contributed by atoms with Crippen molar-refractivity contribution in [2.75, 3.05) is 34.4 Å². The molecule has 0 bridgehead atoms. The summed E-state index contributed by atoms with van der Waals surface area (Å²) in [5, 5.41) is 4.96. The number of nitrogens with one attached hydrogen (secondary N) is 2. The second-order valence-electron chi connectivity index (χ2n) is 9.87. The third-order valence-electron chi connectivity index (χ3n) is 6.78. The van der Waals surface area contributed by atoms with E-state index in [0.717, 1.165) is 51.0 Å². The molecule has 0 saturated heterocycles. The number of amides is 1. The van der Waals surface area contributed by atoms with Crippen LogP contribution in [0.3, 0.4) is 0 Å². The van der Waals surface area contributed by atoms with Crippen LogP contribution in [0, 0.1) is 0 Å². The standard InChI is InChI=1S/C33H37ClN4O3/c1-6-26(23-10-9-11-25(20-23)40-5)31(33-32(34)27-12-7-8-13-28(27)37-33)24-15-16-29(36-21-24)41-19-18-35-22(2)14-17-30(39)38(3)4/h7-17,20-22,35,37H,6,18-19H2,1-5H3/b17-14+,31-26+/t22-/m1/s1. The molecular formula is C33H37ClN4O3. The van der Waals surface area contributed by atoms with Crippen LogP contribution in [0.4, 0.5) is 0 Å². The maximum absolute atomic E-state index is 11.7. The van der Waals surface area contributed by atoms with Gasteiger partial charge in [0, 0.05) is 67.1 Å². The molecule has 41 heavy (non-hydrogen) atoms. The fourth-order valence-corrected chi connectivity index (χ4v) is 4.89. The summed E-state index contributed by atoms with van der Waals surface area (Å²) in [6, 6.07) is 20.0. The number of carbonyl (C=O) groups is 1. The quantitative estimate of drug-likeness (QED) is 0.148. The number of hydrogen-bond acceptors (Lipinski definition) is 5. The van der Waals surface area contributed by atoms with Gasteiger partial charge >= 0.3 is 0 Å². The summed E-state index contributed by atoms with van der Waals surface area (Å²) in [7, 11) is 5.13. The molecule has 8 heteroatoms. The zero-order chi connectivity index (χ0) is 29.4. The molecule has 0 aliphatic carbocycles. The fourth-order valence-electron chi connectivity index (χ4n) is 4.58. The van der Waals surface area contributed by atoms with E-state index in [1.807, 2.05) is 73.8 Å². The van der Waals surface area contributed by atoms with Gasteiger partial charge in [-0.2, -0.15) is 0 Å². The summed E-state index contributed by atoms with van der Waals surface area (Å²) in [6.07, 6.45) is 6.00. The Labute approximate surface area is 246 Å². The maximum atomic E-state index is 11.7. The van der Waals surface area contributed by atoms with E-state index < -0.39 is 0 Å². The van der Waals surface area contributed by atoms with Crippen LogP contribution in [0.25, 0.3) is 22.0 Å². The van der Waals surface area contributed by atoms with Crippen LogP contribution in [0.5, 0.6) is 11.6 Å². The first-order valence-corrected chi connectivity index (χ1v) is 14.1. The van der Waals surface area contributed by atoms with Crippen molar-refractivity contribution in [2.24, 2.45) is 0 Å². The van der Waals surface area contributed by atoms with E-state index in [1.54, 1.807) is 27.3 Å². The number of aromatic amines is 1. The highest BCUT2D eigenvalue weighted by atomic mass is 35.5. The number of hydrogen-bond donors (Lipinski definition) is 2. The summed E-state index contributed by atoms with van der Waals surface area (Å²) in [5.41, 5.74) is 5.90. The molecule has 0 fully saturated rings. The molecular weight excluding hydrogens is 536 g/mol. The van der Waals surface area contributed by atoms with Gasteiger partial charge in [0.2, 0.25) is 11.8 Å². The summed E-state index contributed by atoms with van der Waals surface area (Å²) >= 11 is 6.98. The minimum absolute atomic E-state index is 0.0377. The smallest absolute Gasteiger partial charge is 0.245 e. The van der Waals surface area contributed by atoms with Gasteiger partial charge in [0.15, 0.2) is 0 Å². The van der Waals surface area contributed by atoms with E-state index in [2.05, 4.69) is 28.3 Å². The van der Waals surface area contributed by atoms with Crippen LogP contribution >= 0.6 is 11.6 Å². The molecule has 0 unspecified atom stereocenters. The highest BCUT2D eigenvalue weighted by Gasteiger charge is 2.20. The Morgan fingerprint density at radius 3 is 2.61 bits per heavy atom. The van der Waals surface area contributed by atoms with E-state index >= 15 is 0 Å². The van der Waals surface area contributed by atoms with Gasteiger partial charge in [0.25, 0.3) is 0 Å². The third kappa shape index (κ3) is 7.37. The molecule has 2 N–H and O–H groups in total. The number of methoxy groups -OCH3 is 1. The van der Waals surface area contributed by atoms with E-state index in [9.17, 15) is 4.79 Å². The van der Waals surface area contributed by atoms with Gasteiger partial charge in [-0.1, -0.05) is 54.9 Å². The number of aromatic nitrogens is 2. The largest absolute Gasteiger partial charge is 0.497 e. The molecule has 0 aliphatic heterocycles. The summed E-state index contributed by atoms with van der Waals surface area (Å²) in [4.78, 5) is 21.4. The number of allylic oxidation sites excluding steroid dienone is 1. The Morgan fingerprint density at radius 2 is 1.93 bits per heavy atom. The lowest BCUT2D eigenvalue weighted by atomic mass is 9.91. The maximum Gasteiger partial charge on any atom is 0.245 e. The van der Waals surface area contributed by atoms with Crippen molar-refractivity contribution in [1.82, 2.24) is 20.2 Å². The first kappa shape index (κ1) is 29.9. The van der Waals surface area contributed by atoms with Gasteiger partial charge in [-0.15, -0.1) is 0 Å². The predicted octanol–water partition coefficient (Wildman–Crippen LogP) is 6.60. The Bertz CT molecular complexity index is 1540. The lowest BCUT2D eigenvalue weighted by Gasteiger charge is -2.16. The lowest BCUT2D eigenvalue weighted by Crippen LogP contribution is -2.29. The van der Waals surface area contributed by atoms with Crippen LogP contribution in [0.15, 0.2) is 79.0 Å². The molecule has 214 valence electrons. The number of halogens is 1. The molecule has 1 amide bonds. The number of nitrogens with zero attached hydrogens (tertiary/aromatic N) is 2. The molecule has 0 aliphatic rings. The average Bonchev–Trinajstić information content (AvgIpc) is 3.32. The van der Waals surface area contributed by atoms with Crippen LogP contribution < -0.4 is 14.8 Å². The van der Waals surface area contributed by atoms with Crippen LogP contribution in [-0.4, -0.2) is 61.2 Å². The Balaban J connectivity index is 1.59. The van der Waals surface area contributed by atoms with Crippen LogP contribution in [0.1, 0.15) is 37.1 Å². The van der Waals surface area contributed by atoms with Gasteiger partial charge in [-0.3, -0.25) is 4.79 Å². The first-order valence-electron chi connectivity index (χ1n) is 13.7. The third-order valence-corrected chi connectivity index (χ3v) is 7.17. The number of fused-ring (bicyclic) bond motifs is 1. The van der Waals surface area contributed by atoms with Gasteiger partial charge in [0.05, 0.1) is 17.8 Å². The van der Waals surface area contributed by atoms with Gasteiger partial charge < -0.3 is 24.7 Å². The van der Waals surface area contributed by atoms with Crippen LogP contribution in [-0.2, 0) is 4.79 Å². The molecule has 0 radical (unpaired) electrons. The van der Waals surface area contributed by atoms with Crippen molar-refractivity contribution in [2.45, 2.75) is 26.3 Å². The Morgan fingerprint density at radius 1 is 1.12 bits per heavy atom. The number of benzene rings is 2. The molecule has 0 saturated carbocycles. The Kier molecular flexibility index (Phi) is 10.2. The van der Waals surface area contributed by atoms with Crippen molar-refractivity contribution in [1.29, 1.82) is 0 Å². The van der Waals surface area contributed by atoms with Gasteiger partial charge in [-0.25, -0.2) is 4.98 Å². The fraction of sp³-hybridized carbons (Fsp3) is 0.273. The number of ether oxygens (including phenoxy) is 2. The van der Waals surface area contributed by atoms with Crippen molar-refractivity contribution in [3.63, 3.8) is 0 Å². The van der Waals surface area contributed by atoms with Gasteiger partial charge in [-0.05, 0) is 48.7 Å². The number of pyridine rings is 1. The minimum Gasteiger partial charge on any atom is -0.497 e. The average molecular weight is 573 g/mol. The Hall–Kier alpha value is -4.07. The molecule has 2 aromatic heterocycles. The second-order valence-corrected chi connectivity index (χ2v) is 10.2. The molecule has 4 rings (SSSR count). The lowest BCUT2D eigenvalue weighted by molar-refractivity contribution is -0.123. The number of carbonyl (C=O) groups excluding carboxylic acids is 1. The van der Waals surface area contributed by atoms with E-state index in [4.69, 9.17) is 21.1 Å². The predicted molar refractivity (Wildman–Crippen MR) is 168 cm³/mol. The van der Waals surface area contributed by atoms with Gasteiger partial charge in [0.1, 0.15) is 12.4 Å². The van der Waals surface area contributed by atoms with Crippen molar-refractivity contribution < 1.29 is 14.3 Å². The highest BCUT2D eigenvalue weighted by molar-refractivity contribution is 6.38. The number of likely N-dealkylation sites (N-methyl/N-ethyl adjacent to an activating group) is 1. The topological polar surface area (TPSA) is 79.5 Å². The molecule has 7 nitrogen and oxygen atoms in total. The zero-order valence-electron chi connectivity index (χ0n) is 24.2. The molecule has 1 atom stereocenters. The number of para-hydroxylation sites is 1. The van der Waals surface area contributed by atoms with Crippen molar-refractivity contribution in [3.8, 4) is 11.6 Å². The normalized spacial score (nSPS) is 12.8. The highest BCUT2D eigenvalue weighted by Crippen LogP contribution is 2.40. The SMILES string of the molecule is CC/C(=C(/c1ccc(OCCN[C@H](C)/C=C/C(=O)N(C)C)nc1)c1[nH]c2ccccc2c1Cl)c1cccc(OC)c1. The van der Waals surface area contributed by atoms with E-state index in [1.165, 1.54) is 4.90 Å². The van der Waals surface area contributed by atoms with Crippen molar-refractivity contribution >= 4 is 39.6 Å². The molecule has 2 heterocycles. The molecule has 4 aromatic rings. The summed E-state index contributed by atoms with van der Waals surface area (Å²) in [6.45, 7) is 5.17. The number of rotatable bonds is 12. The second kappa shape index (κ2) is 14.0. The summed E-state index contributed by atoms with van der Waals surface area (Å²) < 4.78 is 11.4. The molecule has 0 spiro atoms.